The fourth-order valence-electron chi connectivity index (χ4n) is 2.46. The van der Waals surface area contributed by atoms with Crippen molar-refractivity contribution in [2.75, 3.05) is 31.4 Å². The predicted molar refractivity (Wildman–Crippen MR) is 79.8 cm³/mol. The van der Waals surface area contributed by atoms with Gasteiger partial charge in [-0.25, -0.2) is 0 Å². The van der Waals surface area contributed by atoms with Crippen molar-refractivity contribution in [3.05, 3.63) is 0 Å². The van der Waals surface area contributed by atoms with E-state index in [0.29, 0.717) is 4.75 Å². The Hall–Kier alpha value is 0.660. The average molecular weight is 262 g/mol. The number of nitrogens with one attached hydrogen (secondary N) is 1. The van der Waals surface area contributed by atoms with Gasteiger partial charge in [0.15, 0.2) is 0 Å². The summed E-state index contributed by atoms with van der Waals surface area (Å²) in [6.07, 6.45) is 14.4. The molecule has 0 aromatic heterocycles. The lowest BCUT2D eigenvalue weighted by Crippen LogP contribution is -2.39. The maximum atomic E-state index is 3.68. The highest BCUT2D eigenvalue weighted by atomic mass is 32.2. The van der Waals surface area contributed by atoms with E-state index >= 15 is 0 Å². The Kier molecular flexibility index (Phi) is 8.01. The first-order valence-corrected chi connectivity index (χ1v) is 9.20. The van der Waals surface area contributed by atoms with Crippen LogP contribution in [0.2, 0.25) is 0 Å². The fourth-order valence-corrected chi connectivity index (χ4v) is 3.90. The van der Waals surface area contributed by atoms with Gasteiger partial charge >= 0.3 is 0 Å². The smallest absolute Gasteiger partial charge is 0.0281 e. The monoisotopic (exact) mass is 261 g/mol. The molecule has 16 heavy (non-hydrogen) atoms. The van der Waals surface area contributed by atoms with Gasteiger partial charge in [0.2, 0.25) is 0 Å². The van der Waals surface area contributed by atoms with E-state index in [0.717, 1.165) is 0 Å². The molecular weight excluding hydrogens is 234 g/mol. The van der Waals surface area contributed by atoms with E-state index in [9.17, 15) is 0 Å². The first kappa shape index (κ1) is 14.7. The molecule has 0 aliphatic heterocycles. The molecule has 0 amide bonds. The quantitative estimate of drug-likeness (QED) is 0.668. The van der Waals surface area contributed by atoms with Crippen LogP contribution in [0, 0.1) is 0 Å². The van der Waals surface area contributed by atoms with Crippen molar-refractivity contribution in [1.29, 1.82) is 0 Å². The molecule has 3 heteroatoms. The van der Waals surface area contributed by atoms with Gasteiger partial charge < -0.3 is 5.32 Å². The minimum atomic E-state index is 0.567. The molecule has 1 nitrogen and oxygen atoms in total. The molecule has 1 aliphatic rings. The molecule has 1 N–H and O–H groups in total. The molecule has 0 bridgehead atoms. The van der Waals surface area contributed by atoms with Crippen molar-refractivity contribution in [2.24, 2.45) is 0 Å². The number of unbranched alkanes of at least 4 members (excludes halogenated alkanes) is 1. The number of thioether (sulfide) groups is 2. The van der Waals surface area contributed by atoms with Gasteiger partial charge in [-0.15, -0.1) is 0 Å². The summed E-state index contributed by atoms with van der Waals surface area (Å²) in [6, 6.07) is 0. The molecule has 1 aliphatic carbocycles. The Bertz CT molecular complexity index is 167. The van der Waals surface area contributed by atoms with Crippen molar-refractivity contribution < 1.29 is 0 Å². The van der Waals surface area contributed by atoms with Gasteiger partial charge in [-0.05, 0) is 50.5 Å². The van der Waals surface area contributed by atoms with Crippen molar-refractivity contribution in [3.63, 3.8) is 0 Å². The zero-order chi connectivity index (χ0) is 11.7. The second-order valence-electron chi connectivity index (χ2n) is 4.82. The molecule has 0 atom stereocenters. The third kappa shape index (κ3) is 5.33. The third-order valence-corrected chi connectivity index (χ3v) is 5.71. The molecule has 1 fully saturated rings. The maximum Gasteiger partial charge on any atom is 0.0281 e. The van der Waals surface area contributed by atoms with Crippen molar-refractivity contribution >= 4 is 23.5 Å². The summed E-state index contributed by atoms with van der Waals surface area (Å²) in [7, 11) is 0. The van der Waals surface area contributed by atoms with Crippen LogP contribution in [-0.4, -0.2) is 36.1 Å². The van der Waals surface area contributed by atoms with E-state index in [1.165, 1.54) is 63.8 Å². The number of hydrogen-bond acceptors (Lipinski definition) is 3. The molecule has 0 heterocycles. The largest absolute Gasteiger partial charge is 0.315 e. The van der Waals surface area contributed by atoms with Crippen molar-refractivity contribution in [1.82, 2.24) is 5.32 Å². The van der Waals surface area contributed by atoms with Crippen LogP contribution in [0.25, 0.3) is 0 Å². The summed E-state index contributed by atoms with van der Waals surface area (Å²) < 4.78 is 0.567. The minimum absolute atomic E-state index is 0.567. The maximum absolute atomic E-state index is 3.68. The van der Waals surface area contributed by atoms with E-state index in [1.54, 1.807) is 0 Å². The van der Waals surface area contributed by atoms with Gasteiger partial charge in [0.1, 0.15) is 0 Å². The van der Waals surface area contributed by atoms with Crippen LogP contribution >= 0.6 is 23.5 Å². The molecule has 0 aromatic carbocycles. The molecule has 1 saturated carbocycles. The van der Waals surface area contributed by atoms with E-state index in [-0.39, 0.29) is 0 Å². The molecule has 96 valence electrons. The Morgan fingerprint density at radius 1 is 1.06 bits per heavy atom. The highest BCUT2D eigenvalue weighted by Gasteiger charge is 2.30. The Labute approximate surface area is 110 Å². The van der Waals surface area contributed by atoms with Crippen LogP contribution < -0.4 is 5.32 Å². The molecule has 0 aromatic rings. The van der Waals surface area contributed by atoms with Gasteiger partial charge in [-0.2, -0.15) is 23.5 Å². The topological polar surface area (TPSA) is 12.0 Å². The average Bonchev–Trinajstić information content (AvgIpc) is 2.35. The van der Waals surface area contributed by atoms with Crippen LogP contribution in [0.1, 0.15) is 44.9 Å². The normalized spacial score (nSPS) is 19.9. The van der Waals surface area contributed by atoms with Gasteiger partial charge in [0.05, 0.1) is 0 Å². The van der Waals surface area contributed by atoms with Crippen LogP contribution in [0.5, 0.6) is 0 Å². The highest BCUT2D eigenvalue weighted by Crippen LogP contribution is 2.37. The molecule has 0 unspecified atom stereocenters. The van der Waals surface area contributed by atoms with E-state index in [4.69, 9.17) is 0 Å². The first-order valence-electron chi connectivity index (χ1n) is 6.58. The SMILES string of the molecule is CSCCCCNCC1(SC)CCCCC1. The predicted octanol–water partition coefficient (Wildman–Crippen LogP) is 3.79. The standard InChI is InChI=1S/C13H27NS2/c1-15-11-7-6-10-14-12-13(16-2)8-4-3-5-9-13/h14H,3-12H2,1-2H3. The van der Waals surface area contributed by atoms with Crippen molar-refractivity contribution in [2.45, 2.75) is 49.7 Å². The minimum Gasteiger partial charge on any atom is -0.315 e. The van der Waals surface area contributed by atoms with E-state index in [1.807, 2.05) is 11.8 Å². The second-order valence-corrected chi connectivity index (χ2v) is 7.08. The fraction of sp³-hybridized carbons (Fsp3) is 1.00. The molecule has 0 saturated heterocycles. The van der Waals surface area contributed by atoms with Crippen LogP contribution in [0.15, 0.2) is 0 Å². The highest BCUT2D eigenvalue weighted by molar-refractivity contribution is 8.00. The zero-order valence-electron chi connectivity index (χ0n) is 10.9. The molecule has 1 rings (SSSR count). The lowest BCUT2D eigenvalue weighted by Gasteiger charge is -2.36. The van der Waals surface area contributed by atoms with Crippen LogP contribution in [0.4, 0.5) is 0 Å². The second kappa shape index (κ2) is 8.71. The molecule has 0 radical (unpaired) electrons. The van der Waals surface area contributed by atoms with Crippen LogP contribution in [-0.2, 0) is 0 Å². The third-order valence-electron chi connectivity index (χ3n) is 3.60. The van der Waals surface area contributed by atoms with Gasteiger partial charge in [0, 0.05) is 11.3 Å². The summed E-state index contributed by atoms with van der Waals surface area (Å²) in [5.41, 5.74) is 0. The Morgan fingerprint density at radius 3 is 2.44 bits per heavy atom. The summed E-state index contributed by atoms with van der Waals surface area (Å²) >= 11 is 4.05. The first-order chi connectivity index (χ1) is 7.83. The summed E-state index contributed by atoms with van der Waals surface area (Å²) in [5, 5.41) is 3.68. The lowest BCUT2D eigenvalue weighted by atomic mass is 9.88. The number of hydrogen-bond donors (Lipinski definition) is 1. The summed E-state index contributed by atoms with van der Waals surface area (Å²) in [6.45, 7) is 2.44. The lowest BCUT2D eigenvalue weighted by molar-refractivity contribution is 0.379. The summed E-state index contributed by atoms with van der Waals surface area (Å²) in [4.78, 5) is 0. The van der Waals surface area contributed by atoms with Crippen LogP contribution in [0.3, 0.4) is 0 Å². The summed E-state index contributed by atoms with van der Waals surface area (Å²) in [5.74, 6) is 1.31. The van der Waals surface area contributed by atoms with Gasteiger partial charge in [-0.3, -0.25) is 0 Å². The Balaban J connectivity index is 2.08. The van der Waals surface area contributed by atoms with Gasteiger partial charge in [0.25, 0.3) is 0 Å². The Morgan fingerprint density at radius 2 is 1.81 bits per heavy atom. The number of rotatable bonds is 8. The van der Waals surface area contributed by atoms with E-state index in [2.05, 4.69) is 29.6 Å². The van der Waals surface area contributed by atoms with E-state index < -0.39 is 0 Å². The van der Waals surface area contributed by atoms with Gasteiger partial charge in [-0.1, -0.05) is 19.3 Å². The van der Waals surface area contributed by atoms with Crippen molar-refractivity contribution in [3.8, 4) is 0 Å². The molecule has 0 spiro atoms. The molecular formula is C13H27NS2. The zero-order valence-corrected chi connectivity index (χ0v) is 12.5.